The maximum Gasteiger partial charge on any atom is 0.169 e. The van der Waals surface area contributed by atoms with Crippen molar-refractivity contribution in [3.05, 3.63) is 36.4 Å². The smallest absolute Gasteiger partial charge is 0.169 e. The molecule has 0 radical (unpaired) electrons. The Hall–Kier alpha value is -2.36. The molecule has 4 nitrogen and oxygen atoms in total. The lowest BCUT2D eigenvalue weighted by Crippen LogP contribution is -2.07. The summed E-state index contributed by atoms with van der Waals surface area (Å²) >= 11 is 0. The van der Waals surface area contributed by atoms with Crippen molar-refractivity contribution in [2.45, 2.75) is 6.92 Å². The van der Waals surface area contributed by atoms with Crippen LogP contribution in [-0.4, -0.2) is 6.61 Å². The lowest BCUT2D eigenvalue weighted by molar-refractivity contribution is 0.341. The molecule has 0 aliphatic carbocycles. The topological polar surface area (TPSA) is 56.5 Å². The Balaban J connectivity index is 2.10. The van der Waals surface area contributed by atoms with Crippen molar-refractivity contribution in [1.82, 2.24) is 0 Å². The van der Waals surface area contributed by atoms with E-state index in [9.17, 15) is 0 Å². The van der Waals surface area contributed by atoms with E-state index in [1.807, 2.05) is 37.3 Å². The molecule has 4 heteroatoms. The second kappa shape index (κ2) is 4.14. The Morgan fingerprint density at radius 3 is 2.83 bits per heavy atom. The summed E-state index contributed by atoms with van der Waals surface area (Å²) < 4.78 is 11.4. The molecule has 0 unspecified atom stereocenters. The van der Waals surface area contributed by atoms with Gasteiger partial charge in [-0.2, -0.15) is 0 Å². The number of hydrogen-bond donors (Lipinski definition) is 2. The third-order valence-electron chi connectivity index (χ3n) is 2.81. The van der Waals surface area contributed by atoms with Crippen LogP contribution in [0.4, 0.5) is 17.1 Å². The zero-order valence-electron chi connectivity index (χ0n) is 10.1. The third kappa shape index (κ3) is 1.62. The van der Waals surface area contributed by atoms with Crippen LogP contribution in [0.2, 0.25) is 0 Å². The average molecular weight is 242 g/mol. The second-order valence-corrected chi connectivity index (χ2v) is 4.01. The van der Waals surface area contributed by atoms with Gasteiger partial charge in [-0.05, 0) is 31.2 Å². The van der Waals surface area contributed by atoms with Gasteiger partial charge in [-0.1, -0.05) is 12.1 Å². The number of ether oxygens (including phenoxy) is 2. The molecular weight excluding hydrogens is 228 g/mol. The summed E-state index contributed by atoms with van der Waals surface area (Å²) in [6.07, 6.45) is 0. The Morgan fingerprint density at radius 2 is 2.00 bits per heavy atom. The standard InChI is InChI=1S/C14H14N2O2/c1-2-17-14-9(15)7-8-12-13(14)16-10-5-3-4-6-11(10)18-12/h3-8,16H,2,15H2,1H3. The number of para-hydroxylation sites is 2. The zero-order valence-corrected chi connectivity index (χ0v) is 10.1. The highest BCUT2D eigenvalue weighted by Gasteiger charge is 2.21. The molecule has 1 aliphatic rings. The van der Waals surface area contributed by atoms with Gasteiger partial charge in [0.2, 0.25) is 0 Å². The molecule has 0 atom stereocenters. The number of anilines is 3. The van der Waals surface area contributed by atoms with Gasteiger partial charge >= 0.3 is 0 Å². The number of hydrogen-bond acceptors (Lipinski definition) is 4. The molecule has 1 heterocycles. The molecule has 3 rings (SSSR count). The number of rotatable bonds is 2. The van der Waals surface area contributed by atoms with Crippen LogP contribution in [0.1, 0.15) is 6.92 Å². The van der Waals surface area contributed by atoms with Crippen LogP contribution >= 0.6 is 0 Å². The number of benzene rings is 2. The molecule has 0 spiro atoms. The minimum absolute atomic E-state index is 0.560. The van der Waals surface area contributed by atoms with Crippen LogP contribution in [-0.2, 0) is 0 Å². The largest absolute Gasteiger partial charge is 0.489 e. The van der Waals surface area contributed by atoms with Crippen molar-refractivity contribution >= 4 is 17.1 Å². The fourth-order valence-electron chi connectivity index (χ4n) is 2.00. The van der Waals surface area contributed by atoms with Gasteiger partial charge in [0, 0.05) is 0 Å². The van der Waals surface area contributed by atoms with E-state index < -0.39 is 0 Å². The van der Waals surface area contributed by atoms with Crippen molar-refractivity contribution in [2.75, 3.05) is 17.7 Å². The van der Waals surface area contributed by atoms with E-state index in [1.54, 1.807) is 6.07 Å². The van der Waals surface area contributed by atoms with Gasteiger partial charge in [0.1, 0.15) is 5.69 Å². The molecule has 18 heavy (non-hydrogen) atoms. The minimum atomic E-state index is 0.560. The van der Waals surface area contributed by atoms with E-state index in [4.69, 9.17) is 15.2 Å². The molecule has 0 fully saturated rings. The summed E-state index contributed by atoms with van der Waals surface area (Å²) in [4.78, 5) is 0. The zero-order chi connectivity index (χ0) is 12.5. The minimum Gasteiger partial charge on any atom is -0.489 e. The lowest BCUT2D eigenvalue weighted by Gasteiger charge is -2.24. The normalized spacial score (nSPS) is 11.8. The highest BCUT2D eigenvalue weighted by molar-refractivity contribution is 5.84. The molecule has 3 N–H and O–H groups in total. The maximum absolute atomic E-state index is 5.93. The fraction of sp³-hybridized carbons (Fsp3) is 0.143. The monoisotopic (exact) mass is 242 g/mol. The fourth-order valence-corrected chi connectivity index (χ4v) is 2.00. The van der Waals surface area contributed by atoms with Crippen molar-refractivity contribution < 1.29 is 9.47 Å². The van der Waals surface area contributed by atoms with Gasteiger partial charge in [0.05, 0.1) is 18.0 Å². The average Bonchev–Trinajstić information content (AvgIpc) is 2.40. The van der Waals surface area contributed by atoms with E-state index in [1.165, 1.54) is 0 Å². The van der Waals surface area contributed by atoms with Crippen molar-refractivity contribution in [3.63, 3.8) is 0 Å². The number of nitrogens with one attached hydrogen (secondary N) is 1. The van der Waals surface area contributed by atoms with Crippen LogP contribution in [0, 0.1) is 0 Å². The maximum atomic E-state index is 5.93. The molecule has 0 bridgehead atoms. The highest BCUT2D eigenvalue weighted by Crippen LogP contribution is 2.48. The molecule has 0 saturated heterocycles. The first-order valence-corrected chi connectivity index (χ1v) is 5.88. The van der Waals surface area contributed by atoms with Gasteiger partial charge in [0.25, 0.3) is 0 Å². The Morgan fingerprint density at radius 1 is 1.17 bits per heavy atom. The predicted molar refractivity (Wildman–Crippen MR) is 71.8 cm³/mol. The summed E-state index contributed by atoms with van der Waals surface area (Å²) in [6.45, 7) is 2.49. The molecule has 0 amide bonds. The predicted octanol–water partition coefficient (Wildman–Crippen LogP) is 3.52. The van der Waals surface area contributed by atoms with E-state index in [2.05, 4.69) is 5.32 Å². The summed E-state index contributed by atoms with van der Waals surface area (Å²) in [6, 6.07) is 11.4. The van der Waals surface area contributed by atoms with E-state index in [0.717, 1.165) is 22.9 Å². The van der Waals surface area contributed by atoms with Crippen LogP contribution < -0.4 is 20.5 Å². The Kier molecular flexibility index (Phi) is 2.48. The molecule has 2 aromatic rings. The van der Waals surface area contributed by atoms with Gasteiger partial charge in [0.15, 0.2) is 17.2 Å². The first kappa shape index (κ1) is 10.8. The summed E-state index contributed by atoms with van der Waals surface area (Å²) in [5.74, 6) is 2.17. The van der Waals surface area contributed by atoms with Crippen molar-refractivity contribution in [2.24, 2.45) is 0 Å². The first-order chi connectivity index (χ1) is 8.79. The Labute approximate surface area is 105 Å². The van der Waals surface area contributed by atoms with Crippen molar-refractivity contribution in [1.29, 1.82) is 0 Å². The second-order valence-electron chi connectivity index (χ2n) is 4.01. The lowest BCUT2D eigenvalue weighted by atomic mass is 10.2. The summed E-state index contributed by atoms with van der Waals surface area (Å²) in [5.41, 5.74) is 8.23. The van der Waals surface area contributed by atoms with Gasteiger partial charge < -0.3 is 20.5 Å². The van der Waals surface area contributed by atoms with E-state index >= 15 is 0 Å². The summed E-state index contributed by atoms with van der Waals surface area (Å²) in [7, 11) is 0. The number of nitrogens with two attached hydrogens (primary N) is 1. The molecule has 92 valence electrons. The van der Waals surface area contributed by atoms with Crippen molar-refractivity contribution in [3.8, 4) is 17.2 Å². The van der Waals surface area contributed by atoms with Gasteiger partial charge in [-0.3, -0.25) is 0 Å². The van der Waals surface area contributed by atoms with Crippen LogP contribution in [0.5, 0.6) is 17.2 Å². The molecule has 2 aromatic carbocycles. The third-order valence-corrected chi connectivity index (χ3v) is 2.81. The SMILES string of the molecule is CCOc1c(N)ccc2c1Nc1ccccc1O2. The quantitative estimate of drug-likeness (QED) is 0.675. The molecular formula is C14H14N2O2. The van der Waals surface area contributed by atoms with Gasteiger partial charge in [-0.15, -0.1) is 0 Å². The van der Waals surface area contributed by atoms with Crippen LogP contribution in [0.15, 0.2) is 36.4 Å². The number of nitrogen functional groups attached to an aromatic ring is 1. The molecule has 0 aromatic heterocycles. The van der Waals surface area contributed by atoms with E-state index in [-0.39, 0.29) is 0 Å². The van der Waals surface area contributed by atoms with E-state index in [0.29, 0.717) is 18.0 Å². The number of fused-ring (bicyclic) bond motifs is 2. The van der Waals surface area contributed by atoms with Gasteiger partial charge in [-0.25, -0.2) is 0 Å². The molecule has 1 aliphatic heterocycles. The van der Waals surface area contributed by atoms with Crippen LogP contribution in [0.25, 0.3) is 0 Å². The first-order valence-electron chi connectivity index (χ1n) is 5.88. The highest BCUT2D eigenvalue weighted by atomic mass is 16.5. The summed E-state index contributed by atoms with van der Waals surface area (Å²) in [5, 5.41) is 3.30. The molecule has 0 saturated carbocycles. The van der Waals surface area contributed by atoms with Crippen LogP contribution in [0.3, 0.4) is 0 Å². The Bertz CT molecular complexity index is 596.